The van der Waals surface area contributed by atoms with Crippen LogP contribution in [0.1, 0.15) is 0 Å². The van der Waals surface area contributed by atoms with Crippen molar-refractivity contribution in [3.63, 3.8) is 0 Å². The van der Waals surface area contributed by atoms with Gasteiger partial charge in [-0.15, -0.1) is 0 Å². The Morgan fingerprint density at radius 3 is 2.73 bits per heavy atom. The Balaban J connectivity index is 2.06. The first-order valence-corrected chi connectivity index (χ1v) is 7.05. The van der Waals surface area contributed by atoms with Gasteiger partial charge in [0, 0.05) is 11.5 Å². The minimum absolute atomic E-state index is 0.133. The van der Waals surface area contributed by atoms with Gasteiger partial charge in [-0.1, -0.05) is 23.2 Å². The molecule has 0 radical (unpaired) electrons. The molecule has 22 heavy (non-hydrogen) atoms. The first-order valence-electron chi connectivity index (χ1n) is 6.29. The van der Waals surface area contributed by atoms with Crippen LogP contribution in [0.25, 0.3) is 10.9 Å². The first-order chi connectivity index (χ1) is 10.6. The number of anilines is 2. The number of halogens is 3. The van der Waals surface area contributed by atoms with Gasteiger partial charge in [-0.2, -0.15) is 0 Å². The average molecular weight is 338 g/mol. The molecule has 0 atom stereocenters. The van der Waals surface area contributed by atoms with Gasteiger partial charge in [0.1, 0.15) is 17.9 Å². The third-order valence-electron chi connectivity index (χ3n) is 3.13. The van der Waals surface area contributed by atoms with Crippen LogP contribution in [-0.4, -0.2) is 17.1 Å². The van der Waals surface area contributed by atoms with E-state index in [1.54, 1.807) is 25.3 Å². The molecule has 1 N–H and O–H groups in total. The summed E-state index contributed by atoms with van der Waals surface area (Å²) in [5.41, 5.74) is 0.863. The van der Waals surface area contributed by atoms with Crippen LogP contribution in [0.5, 0.6) is 5.75 Å². The normalized spacial score (nSPS) is 10.7. The monoisotopic (exact) mass is 337 g/mol. The van der Waals surface area contributed by atoms with Crippen LogP contribution in [-0.2, 0) is 0 Å². The van der Waals surface area contributed by atoms with E-state index in [-0.39, 0.29) is 15.7 Å². The van der Waals surface area contributed by atoms with E-state index < -0.39 is 5.82 Å². The fourth-order valence-electron chi connectivity index (χ4n) is 2.01. The first kappa shape index (κ1) is 14.8. The maximum absolute atomic E-state index is 14.1. The molecule has 0 fully saturated rings. The van der Waals surface area contributed by atoms with E-state index in [0.717, 1.165) is 5.39 Å². The molecule has 0 aliphatic carbocycles. The molecule has 1 aromatic heterocycles. The summed E-state index contributed by atoms with van der Waals surface area (Å²) >= 11 is 11.6. The van der Waals surface area contributed by atoms with Crippen molar-refractivity contribution in [3.8, 4) is 5.75 Å². The van der Waals surface area contributed by atoms with E-state index in [4.69, 9.17) is 27.9 Å². The molecule has 0 spiro atoms. The lowest BCUT2D eigenvalue weighted by Gasteiger charge is -2.11. The Bertz CT molecular complexity index is 858. The third kappa shape index (κ3) is 2.65. The number of aromatic nitrogens is 2. The number of hydrogen-bond acceptors (Lipinski definition) is 4. The van der Waals surface area contributed by atoms with Crippen molar-refractivity contribution < 1.29 is 9.13 Å². The van der Waals surface area contributed by atoms with Gasteiger partial charge in [-0.05, 0) is 24.3 Å². The molecule has 0 saturated heterocycles. The molecule has 0 aliphatic heterocycles. The highest BCUT2D eigenvalue weighted by molar-refractivity contribution is 6.42. The lowest BCUT2D eigenvalue weighted by Crippen LogP contribution is -1.99. The van der Waals surface area contributed by atoms with Gasteiger partial charge in [-0.25, -0.2) is 14.4 Å². The highest BCUT2D eigenvalue weighted by Crippen LogP contribution is 2.32. The number of hydrogen-bond donors (Lipinski definition) is 1. The maximum Gasteiger partial charge on any atom is 0.166 e. The zero-order valence-corrected chi connectivity index (χ0v) is 12.9. The standard InChI is InChI=1S/C15H10Cl2FN3O/c1-22-8-2-3-9-12(6-8)19-7-20-15(9)21-11-5-4-10(16)13(17)14(11)18/h2-7H,1H3,(H,19,20,21). The van der Waals surface area contributed by atoms with Crippen LogP contribution in [0.3, 0.4) is 0 Å². The van der Waals surface area contributed by atoms with E-state index >= 15 is 0 Å². The number of ether oxygens (including phenoxy) is 1. The lowest BCUT2D eigenvalue weighted by atomic mass is 10.2. The summed E-state index contributed by atoms with van der Waals surface area (Å²) in [6.45, 7) is 0. The van der Waals surface area contributed by atoms with Crippen LogP contribution in [0.2, 0.25) is 10.0 Å². The Kier molecular flexibility index (Phi) is 4.00. The molecule has 4 nitrogen and oxygen atoms in total. The van der Waals surface area contributed by atoms with Crippen molar-refractivity contribution in [2.45, 2.75) is 0 Å². The van der Waals surface area contributed by atoms with E-state index in [0.29, 0.717) is 17.1 Å². The maximum atomic E-state index is 14.1. The summed E-state index contributed by atoms with van der Waals surface area (Å²) in [6, 6.07) is 8.37. The second kappa shape index (κ2) is 5.94. The van der Waals surface area contributed by atoms with Crippen molar-refractivity contribution in [2.75, 3.05) is 12.4 Å². The van der Waals surface area contributed by atoms with Crippen LogP contribution >= 0.6 is 23.2 Å². The van der Waals surface area contributed by atoms with Crippen molar-refractivity contribution in [1.29, 1.82) is 0 Å². The molecule has 3 rings (SSSR count). The second-order valence-corrected chi connectivity index (χ2v) is 5.24. The number of fused-ring (bicyclic) bond motifs is 1. The van der Waals surface area contributed by atoms with Gasteiger partial charge < -0.3 is 10.1 Å². The SMILES string of the molecule is COc1ccc2c(Nc3ccc(Cl)c(Cl)c3F)ncnc2c1. The van der Waals surface area contributed by atoms with Crippen molar-refractivity contribution in [1.82, 2.24) is 9.97 Å². The minimum Gasteiger partial charge on any atom is -0.497 e. The molecular weight excluding hydrogens is 328 g/mol. The molecular formula is C15H10Cl2FN3O. The van der Waals surface area contributed by atoms with Gasteiger partial charge >= 0.3 is 0 Å². The third-order valence-corrected chi connectivity index (χ3v) is 3.91. The van der Waals surface area contributed by atoms with Gasteiger partial charge in [0.05, 0.1) is 28.4 Å². The largest absolute Gasteiger partial charge is 0.497 e. The Labute approximate surface area is 135 Å². The van der Waals surface area contributed by atoms with E-state index in [1.165, 1.54) is 18.5 Å². The van der Waals surface area contributed by atoms with Crippen molar-refractivity contribution in [3.05, 3.63) is 52.5 Å². The molecule has 112 valence electrons. The van der Waals surface area contributed by atoms with Gasteiger partial charge in [0.2, 0.25) is 0 Å². The number of methoxy groups -OCH3 is 1. The molecule has 0 unspecified atom stereocenters. The Morgan fingerprint density at radius 2 is 1.95 bits per heavy atom. The van der Waals surface area contributed by atoms with Gasteiger partial charge in [-0.3, -0.25) is 0 Å². The second-order valence-electron chi connectivity index (χ2n) is 4.45. The Hall–Kier alpha value is -2.11. The van der Waals surface area contributed by atoms with Gasteiger partial charge in [0.15, 0.2) is 5.82 Å². The van der Waals surface area contributed by atoms with Crippen molar-refractivity contribution in [2.24, 2.45) is 0 Å². The molecule has 0 saturated carbocycles. The fraction of sp³-hybridized carbons (Fsp3) is 0.0667. The van der Waals surface area contributed by atoms with E-state index in [1.807, 2.05) is 0 Å². The Morgan fingerprint density at radius 1 is 1.14 bits per heavy atom. The zero-order chi connectivity index (χ0) is 15.7. The summed E-state index contributed by atoms with van der Waals surface area (Å²) in [5, 5.41) is 3.66. The molecule has 7 heteroatoms. The number of benzene rings is 2. The van der Waals surface area contributed by atoms with Gasteiger partial charge in [0.25, 0.3) is 0 Å². The van der Waals surface area contributed by atoms with E-state index in [2.05, 4.69) is 15.3 Å². The topological polar surface area (TPSA) is 47.0 Å². The summed E-state index contributed by atoms with van der Waals surface area (Å²) in [5.74, 6) is 0.511. The van der Waals surface area contributed by atoms with Crippen LogP contribution < -0.4 is 10.1 Å². The van der Waals surface area contributed by atoms with Crippen molar-refractivity contribution >= 4 is 45.6 Å². The zero-order valence-electron chi connectivity index (χ0n) is 11.4. The lowest BCUT2D eigenvalue weighted by molar-refractivity contribution is 0.415. The van der Waals surface area contributed by atoms with Crippen LogP contribution in [0.15, 0.2) is 36.7 Å². The number of nitrogens with one attached hydrogen (secondary N) is 1. The highest BCUT2D eigenvalue weighted by Gasteiger charge is 2.12. The molecule has 3 aromatic rings. The molecule has 2 aromatic carbocycles. The highest BCUT2D eigenvalue weighted by atomic mass is 35.5. The van der Waals surface area contributed by atoms with Crippen LogP contribution in [0, 0.1) is 5.82 Å². The number of nitrogens with zero attached hydrogens (tertiary/aromatic N) is 2. The molecule has 0 aliphatic rings. The fourth-order valence-corrected chi connectivity index (χ4v) is 2.32. The van der Waals surface area contributed by atoms with Crippen LogP contribution in [0.4, 0.5) is 15.9 Å². The average Bonchev–Trinajstić information content (AvgIpc) is 2.55. The minimum atomic E-state index is -0.630. The summed E-state index contributed by atoms with van der Waals surface area (Å²) in [6.07, 6.45) is 1.39. The molecule has 1 heterocycles. The van der Waals surface area contributed by atoms with E-state index in [9.17, 15) is 4.39 Å². The quantitative estimate of drug-likeness (QED) is 0.695. The number of rotatable bonds is 3. The molecule has 0 amide bonds. The summed E-state index contributed by atoms with van der Waals surface area (Å²) in [4.78, 5) is 8.32. The summed E-state index contributed by atoms with van der Waals surface area (Å²) in [7, 11) is 1.58. The predicted molar refractivity (Wildman–Crippen MR) is 85.8 cm³/mol. The smallest absolute Gasteiger partial charge is 0.166 e. The molecule has 0 bridgehead atoms. The predicted octanol–water partition coefficient (Wildman–Crippen LogP) is 4.83. The summed E-state index contributed by atoms with van der Waals surface area (Å²) < 4.78 is 19.3.